The van der Waals surface area contributed by atoms with E-state index in [0.717, 1.165) is 12.8 Å². The number of amides is 1. The average molecular weight is 171 g/mol. The molecule has 0 aliphatic rings. The van der Waals surface area contributed by atoms with Crippen molar-refractivity contribution in [2.24, 2.45) is 0 Å². The summed E-state index contributed by atoms with van der Waals surface area (Å²) < 4.78 is 0. The fourth-order valence-corrected chi connectivity index (χ4v) is 0.744. The molecule has 0 aromatic carbocycles. The Morgan fingerprint density at radius 1 is 1.67 bits per heavy atom. The summed E-state index contributed by atoms with van der Waals surface area (Å²) >= 11 is 0. The maximum atomic E-state index is 10.9. The van der Waals surface area contributed by atoms with E-state index in [1.54, 1.807) is 6.92 Å². The quantitative estimate of drug-likeness (QED) is 0.482. The molecule has 0 rings (SSSR count). The third kappa shape index (κ3) is 4.91. The third-order valence-corrected chi connectivity index (χ3v) is 1.52. The van der Waals surface area contributed by atoms with Crippen LogP contribution in [0.2, 0.25) is 0 Å². The van der Waals surface area contributed by atoms with Gasteiger partial charge >= 0.3 is 0 Å². The number of aliphatic hydroxyl groups excluding tert-OH is 1. The van der Waals surface area contributed by atoms with E-state index in [4.69, 9.17) is 0 Å². The molecule has 3 nitrogen and oxygen atoms in total. The van der Waals surface area contributed by atoms with Crippen molar-refractivity contribution in [3.05, 3.63) is 12.2 Å². The monoisotopic (exact) mass is 171 g/mol. The van der Waals surface area contributed by atoms with Gasteiger partial charge in [0.1, 0.15) is 6.23 Å². The molecule has 0 bridgehead atoms. The molecule has 0 saturated carbocycles. The second-order valence-corrected chi connectivity index (χ2v) is 2.91. The molecule has 0 aromatic heterocycles. The maximum Gasteiger partial charge on any atom is 0.248 e. The summed E-state index contributed by atoms with van der Waals surface area (Å²) in [6.45, 7) is 7.11. The van der Waals surface area contributed by atoms with Gasteiger partial charge in [0.2, 0.25) is 5.91 Å². The highest BCUT2D eigenvalue weighted by Gasteiger charge is 2.07. The number of rotatable bonds is 5. The van der Waals surface area contributed by atoms with Crippen LogP contribution in [0.4, 0.5) is 0 Å². The van der Waals surface area contributed by atoms with Crippen LogP contribution in [-0.4, -0.2) is 17.2 Å². The lowest BCUT2D eigenvalue weighted by atomic mass is 10.2. The van der Waals surface area contributed by atoms with Gasteiger partial charge in [-0.25, -0.2) is 0 Å². The molecule has 1 amide bonds. The minimum atomic E-state index is -0.728. The Kier molecular flexibility index (Phi) is 5.37. The van der Waals surface area contributed by atoms with Gasteiger partial charge in [-0.2, -0.15) is 0 Å². The van der Waals surface area contributed by atoms with Gasteiger partial charge in [0.15, 0.2) is 0 Å². The van der Waals surface area contributed by atoms with Crippen molar-refractivity contribution in [2.75, 3.05) is 0 Å². The lowest BCUT2D eigenvalue weighted by Crippen LogP contribution is -2.34. The van der Waals surface area contributed by atoms with Crippen LogP contribution in [0, 0.1) is 0 Å². The fourth-order valence-electron chi connectivity index (χ4n) is 0.744. The molecule has 0 aromatic rings. The van der Waals surface area contributed by atoms with Crippen molar-refractivity contribution in [2.45, 2.75) is 39.3 Å². The van der Waals surface area contributed by atoms with Gasteiger partial charge in [-0.05, 0) is 19.8 Å². The van der Waals surface area contributed by atoms with Gasteiger partial charge in [-0.1, -0.05) is 19.9 Å². The molecule has 2 N–H and O–H groups in total. The Hall–Kier alpha value is -0.830. The second-order valence-electron chi connectivity index (χ2n) is 2.91. The fraction of sp³-hybridized carbons (Fsp3) is 0.667. The molecule has 0 fully saturated rings. The summed E-state index contributed by atoms with van der Waals surface area (Å²) in [6, 6.07) is 0. The summed E-state index contributed by atoms with van der Waals surface area (Å²) in [6.07, 6.45) is 1.81. The topological polar surface area (TPSA) is 49.3 Å². The van der Waals surface area contributed by atoms with E-state index >= 15 is 0 Å². The maximum absolute atomic E-state index is 10.9. The number of aliphatic hydroxyl groups is 1. The first-order valence-corrected chi connectivity index (χ1v) is 4.22. The number of nitrogens with one attached hydrogen (secondary N) is 1. The van der Waals surface area contributed by atoms with Crippen molar-refractivity contribution >= 4 is 5.91 Å². The molecule has 1 atom stereocenters. The third-order valence-electron chi connectivity index (χ3n) is 1.52. The highest BCUT2D eigenvalue weighted by molar-refractivity contribution is 5.92. The van der Waals surface area contributed by atoms with Crippen molar-refractivity contribution in [1.29, 1.82) is 0 Å². The Balaban J connectivity index is 3.61. The zero-order valence-corrected chi connectivity index (χ0v) is 7.76. The molecule has 0 saturated heterocycles. The van der Waals surface area contributed by atoms with Crippen molar-refractivity contribution in [1.82, 2.24) is 5.32 Å². The smallest absolute Gasteiger partial charge is 0.248 e. The Morgan fingerprint density at radius 3 is 2.67 bits per heavy atom. The zero-order chi connectivity index (χ0) is 9.56. The standard InChI is InChI=1S/C9H17NO2/c1-4-5-6-8(11)10-9(12)7(2)3/h8,11H,2,4-6H2,1,3H3,(H,10,12). The number of unbranched alkanes of at least 4 members (excludes halogenated alkanes) is 1. The largest absolute Gasteiger partial charge is 0.374 e. The molecule has 0 aliphatic carbocycles. The average Bonchev–Trinajstić information content (AvgIpc) is 2.00. The molecule has 12 heavy (non-hydrogen) atoms. The lowest BCUT2D eigenvalue weighted by Gasteiger charge is -2.11. The van der Waals surface area contributed by atoms with E-state index in [0.29, 0.717) is 12.0 Å². The highest BCUT2D eigenvalue weighted by atomic mass is 16.3. The molecular weight excluding hydrogens is 154 g/mol. The van der Waals surface area contributed by atoms with Gasteiger partial charge in [-0.15, -0.1) is 0 Å². The van der Waals surface area contributed by atoms with Crippen LogP contribution in [0.25, 0.3) is 0 Å². The molecule has 0 aliphatic heterocycles. The minimum absolute atomic E-state index is 0.279. The Morgan fingerprint density at radius 2 is 2.25 bits per heavy atom. The van der Waals surface area contributed by atoms with Crippen LogP contribution in [0.3, 0.4) is 0 Å². The summed E-state index contributed by atoms with van der Waals surface area (Å²) in [7, 11) is 0. The molecular formula is C9H17NO2. The molecule has 70 valence electrons. The Bertz CT molecular complexity index is 166. The van der Waals surface area contributed by atoms with Crippen LogP contribution in [0.1, 0.15) is 33.1 Å². The van der Waals surface area contributed by atoms with E-state index in [1.807, 2.05) is 6.92 Å². The molecule has 0 heterocycles. The highest BCUT2D eigenvalue weighted by Crippen LogP contribution is 1.98. The van der Waals surface area contributed by atoms with Crippen molar-refractivity contribution in [3.8, 4) is 0 Å². The van der Waals surface area contributed by atoms with Crippen LogP contribution in [-0.2, 0) is 4.79 Å². The molecule has 1 unspecified atom stereocenters. The van der Waals surface area contributed by atoms with Crippen molar-refractivity contribution in [3.63, 3.8) is 0 Å². The van der Waals surface area contributed by atoms with E-state index < -0.39 is 6.23 Å². The first-order chi connectivity index (χ1) is 5.57. The van der Waals surface area contributed by atoms with Gasteiger partial charge in [0.25, 0.3) is 0 Å². The van der Waals surface area contributed by atoms with Crippen molar-refractivity contribution < 1.29 is 9.90 Å². The first kappa shape index (κ1) is 11.2. The molecule has 0 radical (unpaired) electrons. The molecule has 0 spiro atoms. The summed E-state index contributed by atoms with van der Waals surface area (Å²) in [5.74, 6) is -0.279. The van der Waals surface area contributed by atoms with Gasteiger partial charge in [0, 0.05) is 5.57 Å². The minimum Gasteiger partial charge on any atom is -0.374 e. The summed E-state index contributed by atoms with van der Waals surface area (Å²) in [5.41, 5.74) is 0.422. The van der Waals surface area contributed by atoms with E-state index in [-0.39, 0.29) is 5.91 Å². The Labute approximate surface area is 73.5 Å². The van der Waals surface area contributed by atoms with E-state index in [1.165, 1.54) is 0 Å². The molecule has 3 heteroatoms. The van der Waals surface area contributed by atoms with E-state index in [9.17, 15) is 9.90 Å². The summed E-state index contributed by atoms with van der Waals surface area (Å²) in [5, 5.41) is 11.7. The SMILES string of the molecule is C=C(C)C(=O)NC(O)CCCC. The first-order valence-electron chi connectivity index (χ1n) is 4.22. The van der Waals surface area contributed by atoms with Gasteiger partial charge in [-0.3, -0.25) is 4.79 Å². The van der Waals surface area contributed by atoms with Crippen LogP contribution in [0.5, 0.6) is 0 Å². The van der Waals surface area contributed by atoms with Gasteiger partial charge < -0.3 is 10.4 Å². The number of hydrogen-bond donors (Lipinski definition) is 2. The van der Waals surface area contributed by atoms with E-state index in [2.05, 4.69) is 11.9 Å². The number of carbonyl (C=O) groups is 1. The van der Waals surface area contributed by atoms with Crippen LogP contribution >= 0.6 is 0 Å². The number of hydrogen-bond acceptors (Lipinski definition) is 2. The normalized spacial score (nSPS) is 12.2. The number of carbonyl (C=O) groups excluding carboxylic acids is 1. The lowest BCUT2D eigenvalue weighted by molar-refractivity contribution is -0.120. The predicted molar refractivity (Wildman–Crippen MR) is 48.5 cm³/mol. The predicted octanol–water partition coefficient (Wildman–Crippen LogP) is 1.19. The zero-order valence-electron chi connectivity index (χ0n) is 7.76. The van der Waals surface area contributed by atoms with Crippen LogP contribution in [0.15, 0.2) is 12.2 Å². The summed E-state index contributed by atoms with van der Waals surface area (Å²) in [4.78, 5) is 10.9. The van der Waals surface area contributed by atoms with Crippen LogP contribution < -0.4 is 5.32 Å². The second kappa shape index (κ2) is 5.77. The van der Waals surface area contributed by atoms with Gasteiger partial charge in [0.05, 0.1) is 0 Å².